The van der Waals surface area contributed by atoms with Crippen LogP contribution in [0.4, 0.5) is 20.7 Å². The highest BCUT2D eigenvalue weighted by Gasteiger charge is 2.55. The number of likely N-dealkylation sites (N-methyl/N-ethyl adjacent to an activating group) is 1. The molecule has 4 rings (SSSR count). The Morgan fingerprint density at radius 2 is 1.97 bits per heavy atom. The molecule has 3 aromatic rings. The second-order valence-electron chi connectivity index (χ2n) is 9.69. The molecule has 0 aliphatic carbocycles. The number of hydrogen-bond donors (Lipinski definition) is 2. The van der Waals surface area contributed by atoms with E-state index in [0.717, 1.165) is 10.5 Å². The molecule has 1 aliphatic heterocycles. The first-order chi connectivity index (χ1) is 18.0. The van der Waals surface area contributed by atoms with Crippen LogP contribution in [-0.4, -0.2) is 50.6 Å². The number of aryl methyl sites for hydroxylation is 3. The number of nitrogens with two attached hydrogens (primary N) is 1. The van der Waals surface area contributed by atoms with Gasteiger partial charge in [-0.15, -0.1) is 0 Å². The molecule has 1 aromatic carbocycles. The van der Waals surface area contributed by atoms with Crippen LogP contribution in [0.5, 0.6) is 0 Å². The first-order valence-electron chi connectivity index (χ1n) is 12.4. The van der Waals surface area contributed by atoms with Crippen molar-refractivity contribution in [1.29, 1.82) is 0 Å². The highest BCUT2D eigenvalue weighted by molar-refractivity contribution is 6.12. The summed E-state index contributed by atoms with van der Waals surface area (Å²) in [4.78, 5) is 46.9. The third-order valence-electron chi connectivity index (χ3n) is 6.89. The van der Waals surface area contributed by atoms with Gasteiger partial charge in [0, 0.05) is 26.0 Å². The van der Waals surface area contributed by atoms with Crippen molar-refractivity contribution < 1.29 is 18.8 Å². The molecule has 0 radical (unpaired) electrons. The number of anilines is 2. The van der Waals surface area contributed by atoms with Gasteiger partial charge in [-0.3, -0.25) is 19.2 Å². The Morgan fingerprint density at radius 3 is 2.58 bits per heavy atom. The fraction of sp³-hybridized carbons (Fsp3) is 0.370. The second-order valence-corrected chi connectivity index (χ2v) is 9.69. The monoisotopic (exact) mass is 521 g/mol. The van der Waals surface area contributed by atoms with Gasteiger partial charge < -0.3 is 16.0 Å². The van der Waals surface area contributed by atoms with Crippen molar-refractivity contribution in [1.82, 2.24) is 25.0 Å². The molecule has 1 aliphatic rings. The third-order valence-corrected chi connectivity index (χ3v) is 6.89. The van der Waals surface area contributed by atoms with Gasteiger partial charge in [0.25, 0.3) is 5.91 Å². The number of urea groups is 1. The predicted molar refractivity (Wildman–Crippen MR) is 141 cm³/mol. The Morgan fingerprint density at radius 1 is 1.24 bits per heavy atom. The molecular formula is C27H32FN7O3. The zero-order valence-electron chi connectivity index (χ0n) is 22.1. The van der Waals surface area contributed by atoms with Crippen LogP contribution in [0.3, 0.4) is 0 Å². The number of nitrogens with zero attached hydrogens (tertiary/aromatic N) is 5. The molecular weight excluding hydrogens is 489 g/mol. The molecule has 200 valence electrons. The van der Waals surface area contributed by atoms with Crippen molar-refractivity contribution in [2.75, 3.05) is 17.7 Å². The minimum Gasteiger partial charge on any atom is -0.384 e. The van der Waals surface area contributed by atoms with Crippen LogP contribution in [-0.2, 0) is 23.1 Å². The molecule has 3 N–H and O–H groups in total. The normalized spacial score (nSPS) is 17.6. The molecule has 38 heavy (non-hydrogen) atoms. The number of nitrogen functional groups attached to an aromatic ring is 1. The molecule has 2 aromatic heterocycles. The number of β-lactam (4-membered cyclic amide) rings is 1. The lowest BCUT2D eigenvalue weighted by molar-refractivity contribution is -0.156. The fourth-order valence-corrected chi connectivity index (χ4v) is 4.77. The molecule has 3 atom stereocenters. The van der Waals surface area contributed by atoms with Gasteiger partial charge in [0.1, 0.15) is 17.7 Å². The summed E-state index contributed by atoms with van der Waals surface area (Å²) < 4.78 is 15.8. The van der Waals surface area contributed by atoms with Gasteiger partial charge in [-0.25, -0.2) is 14.2 Å². The largest absolute Gasteiger partial charge is 0.384 e. The molecule has 0 saturated carbocycles. The van der Waals surface area contributed by atoms with Crippen LogP contribution in [0, 0.1) is 25.6 Å². The average Bonchev–Trinajstić information content (AvgIpc) is 3.30. The summed E-state index contributed by atoms with van der Waals surface area (Å²) in [5.74, 6) is -1.74. The van der Waals surface area contributed by atoms with Gasteiger partial charge >= 0.3 is 6.03 Å². The van der Waals surface area contributed by atoms with E-state index in [9.17, 15) is 18.8 Å². The molecule has 11 heteroatoms. The summed E-state index contributed by atoms with van der Waals surface area (Å²) in [7, 11) is 3.31. The number of carbonyl (C=O) groups is 3. The maximum atomic E-state index is 14.2. The summed E-state index contributed by atoms with van der Waals surface area (Å²) in [6.45, 7) is 5.29. The van der Waals surface area contributed by atoms with Crippen molar-refractivity contribution in [3.05, 3.63) is 70.9 Å². The zero-order chi connectivity index (χ0) is 27.7. The van der Waals surface area contributed by atoms with Crippen molar-refractivity contribution in [2.24, 2.45) is 13.0 Å². The molecule has 10 nitrogen and oxygen atoms in total. The quantitative estimate of drug-likeness (QED) is 0.460. The number of benzene rings is 1. The van der Waals surface area contributed by atoms with Crippen molar-refractivity contribution in [3.8, 4) is 0 Å². The van der Waals surface area contributed by atoms with Gasteiger partial charge in [-0.1, -0.05) is 19.1 Å². The number of pyridine rings is 1. The maximum Gasteiger partial charge on any atom is 0.325 e. The number of rotatable bonds is 7. The topological polar surface area (TPSA) is 126 Å². The first-order valence-corrected chi connectivity index (χ1v) is 12.4. The smallest absolute Gasteiger partial charge is 0.325 e. The van der Waals surface area contributed by atoms with Crippen LogP contribution in [0.2, 0.25) is 0 Å². The molecule has 1 saturated heterocycles. The van der Waals surface area contributed by atoms with E-state index in [1.165, 1.54) is 17.2 Å². The number of carbonyl (C=O) groups excluding carboxylic acids is 3. The van der Waals surface area contributed by atoms with Crippen molar-refractivity contribution >= 4 is 29.4 Å². The molecule has 4 amide bonds. The lowest BCUT2D eigenvalue weighted by atomic mass is 9.81. The maximum absolute atomic E-state index is 14.2. The minimum absolute atomic E-state index is 0.216. The summed E-state index contributed by atoms with van der Waals surface area (Å²) in [6, 6.07) is 5.92. The highest BCUT2D eigenvalue weighted by atomic mass is 19.1. The van der Waals surface area contributed by atoms with E-state index in [0.29, 0.717) is 34.7 Å². The van der Waals surface area contributed by atoms with Crippen molar-refractivity contribution in [2.45, 2.75) is 45.7 Å². The van der Waals surface area contributed by atoms with E-state index < -0.39 is 35.8 Å². The number of halogens is 1. The Balaban J connectivity index is 1.61. The van der Waals surface area contributed by atoms with Crippen LogP contribution in [0.1, 0.15) is 41.8 Å². The van der Waals surface area contributed by atoms with Gasteiger partial charge in [0.2, 0.25) is 5.91 Å². The molecule has 0 unspecified atom stereocenters. The molecule has 3 heterocycles. The Hall–Kier alpha value is -4.28. The number of imide groups is 1. The van der Waals surface area contributed by atoms with E-state index in [-0.39, 0.29) is 12.2 Å². The molecule has 1 fully saturated rings. The second kappa shape index (κ2) is 10.6. The Labute approximate surface area is 220 Å². The summed E-state index contributed by atoms with van der Waals surface area (Å²) >= 11 is 0. The summed E-state index contributed by atoms with van der Waals surface area (Å²) in [6.07, 6.45) is 3.88. The van der Waals surface area contributed by atoms with E-state index in [2.05, 4.69) is 15.4 Å². The van der Waals surface area contributed by atoms with E-state index in [1.54, 1.807) is 63.1 Å². The number of amides is 4. The first kappa shape index (κ1) is 26.8. The highest BCUT2D eigenvalue weighted by Crippen LogP contribution is 2.33. The van der Waals surface area contributed by atoms with Gasteiger partial charge in [0.15, 0.2) is 0 Å². The lowest BCUT2D eigenvalue weighted by Crippen LogP contribution is -2.70. The number of nitrogens with one attached hydrogen (secondary N) is 1. The van der Waals surface area contributed by atoms with E-state index in [1.807, 2.05) is 6.92 Å². The summed E-state index contributed by atoms with van der Waals surface area (Å²) in [5.41, 5.74) is 8.92. The Kier molecular flexibility index (Phi) is 7.47. The Bertz CT molecular complexity index is 1370. The zero-order valence-corrected chi connectivity index (χ0v) is 22.1. The lowest BCUT2D eigenvalue weighted by Gasteiger charge is -2.46. The standard InChI is InChI=1S/C27H32FN7O3/c1-6-22(18-8-7-15(2)21(28)12-18)32-27(38)35-24(26(37)34(5)19-13-30-33(4)14-19)20(25(35)36)10-17-9-16(3)31-23(29)11-17/h7-9,11-14,20,22,24H,6,10H2,1-5H3,(H2,29,31)(H,32,38)/t20-,22-,24+/m1/s1. The fourth-order valence-electron chi connectivity index (χ4n) is 4.77. The minimum atomic E-state index is -1.05. The van der Waals surface area contributed by atoms with E-state index in [4.69, 9.17) is 5.73 Å². The molecule has 0 spiro atoms. The SMILES string of the molecule is CC[C@@H](NC(=O)N1C(=O)[C@H](Cc2cc(C)nc(N)c2)[C@H]1C(=O)N(C)c1cnn(C)c1)c1ccc(C)c(F)c1. The van der Waals surface area contributed by atoms with Gasteiger partial charge in [0.05, 0.1) is 23.8 Å². The van der Waals surface area contributed by atoms with Crippen LogP contribution < -0.4 is 16.0 Å². The van der Waals surface area contributed by atoms with Crippen LogP contribution in [0.15, 0.2) is 42.7 Å². The van der Waals surface area contributed by atoms with E-state index >= 15 is 0 Å². The van der Waals surface area contributed by atoms with Crippen LogP contribution in [0.25, 0.3) is 0 Å². The number of likely N-dealkylation sites (tertiary alicyclic amines) is 1. The van der Waals surface area contributed by atoms with Gasteiger partial charge in [-0.2, -0.15) is 5.10 Å². The molecule has 0 bridgehead atoms. The summed E-state index contributed by atoms with van der Waals surface area (Å²) in [5, 5.41) is 6.92. The predicted octanol–water partition coefficient (Wildman–Crippen LogP) is 3.05. The van der Waals surface area contributed by atoms with Gasteiger partial charge in [-0.05, 0) is 61.6 Å². The average molecular weight is 522 g/mol. The van der Waals surface area contributed by atoms with Crippen LogP contribution >= 0.6 is 0 Å². The number of aromatic nitrogens is 3. The number of hydrogen-bond acceptors (Lipinski definition) is 6. The van der Waals surface area contributed by atoms with Crippen molar-refractivity contribution in [3.63, 3.8) is 0 Å². The third kappa shape index (κ3) is 5.22.